The maximum atomic E-state index is 15.4. The second-order valence-corrected chi connectivity index (χ2v) is 10.5. The van der Waals surface area contributed by atoms with Crippen LogP contribution in [0.2, 0.25) is 0 Å². The van der Waals surface area contributed by atoms with E-state index >= 15 is 4.39 Å². The van der Waals surface area contributed by atoms with Crippen LogP contribution >= 0.6 is 0 Å². The average Bonchev–Trinajstić information content (AvgIpc) is 3.60. The smallest absolute Gasteiger partial charge is 0.182 e. The summed E-state index contributed by atoms with van der Waals surface area (Å²) in [5.41, 5.74) is 5.62. The Bertz CT molecular complexity index is 1440. The highest BCUT2D eigenvalue weighted by Gasteiger charge is 2.31. The number of aryl methyl sites for hydroxylation is 2. The molecule has 2 atom stereocenters. The molecule has 0 N–H and O–H groups in total. The van der Waals surface area contributed by atoms with Crippen molar-refractivity contribution < 1.29 is 9.13 Å². The first kappa shape index (κ1) is 23.2. The van der Waals surface area contributed by atoms with E-state index in [1.165, 1.54) is 12.8 Å². The molecule has 0 radical (unpaired) electrons. The first-order chi connectivity index (χ1) is 17.4. The van der Waals surface area contributed by atoms with Crippen LogP contribution in [-0.4, -0.2) is 36.3 Å². The number of fused-ring (bicyclic) bond motifs is 1. The van der Waals surface area contributed by atoms with E-state index in [-0.39, 0.29) is 23.8 Å². The lowest BCUT2D eigenvalue weighted by Crippen LogP contribution is -2.20. The number of nitrogens with zero attached hydrogens (tertiary/aromatic N) is 6. The minimum Gasteiger partial charge on any atom is -0.373 e. The molecule has 1 saturated carbocycles. The van der Waals surface area contributed by atoms with Crippen LogP contribution in [-0.2, 0) is 4.74 Å². The van der Waals surface area contributed by atoms with Gasteiger partial charge in [-0.2, -0.15) is 5.10 Å². The van der Waals surface area contributed by atoms with Crippen molar-refractivity contribution in [3.63, 3.8) is 0 Å². The normalized spacial score (nSPS) is 20.4. The molecule has 0 spiro atoms. The lowest BCUT2D eigenvalue weighted by Gasteiger charge is -2.28. The molecule has 4 aromatic rings. The van der Waals surface area contributed by atoms with Gasteiger partial charge in [-0.1, -0.05) is 19.9 Å². The maximum absolute atomic E-state index is 15.4. The Morgan fingerprint density at radius 2 is 1.83 bits per heavy atom. The second kappa shape index (κ2) is 9.00. The van der Waals surface area contributed by atoms with E-state index in [4.69, 9.17) is 24.7 Å². The van der Waals surface area contributed by atoms with E-state index in [0.717, 1.165) is 35.4 Å². The van der Waals surface area contributed by atoms with Crippen molar-refractivity contribution in [2.45, 2.75) is 77.4 Å². The SMILES string of the molecule is Cc1nc2nc(C3CCOC(c4cnn(C5CC5)c4)C3)nc(-c3ccc(C(C)C)cc3F)c2nc1C. The van der Waals surface area contributed by atoms with Gasteiger partial charge in [0.25, 0.3) is 0 Å². The maximum Gasteiger partial charge on any atom is 0.182 e. The molecule has 1 aromatic carbocycles. The van der Waals surface area contributed by atoms with Crippen molar-refractivity contribution in [3.8, 4) is 11.3 Å². The molecule has 1 aliphatic heterocycles. The molecule has 2 aliphatic rings. The van der Waals surface area contributed by atoms with Gasteiger partial charge >= 0.3 is 0 Å². The summed E-state index contributed by atoms with van der Waals surface area (Å²) in [4.78, 5) is 19.2. The molecule has 2 unspecified atom stereocenters. The summed E-state index contributed by atoms with van der Waals surface area (Å²) in [5.74, 6) is 0.673. The molecule has 3 aromatic heterocycles. The van der Waals surface area contributed by atoms with Gasteiger partial charge in [-0.05, 0) is 63.1 Å². The molecule has 36 heavy (non-hydrogen) atoms. The van der Waals surface area contributed by atoms with Gasteiger partial charge in [0, 0.05) is 29.8 Å². The molecule has 4 heterocycles. The molecule has 8 heteroatoms. The Labute approximate surface area is 210 Å². The quantitative estimate of drug-likeness (QED) is 0.337. The van der Waals surface area contributed by atoms with Gasteiger partial charge in [0.2, 0.25) is 0 Å². The van der Waals surface area contributed by atoms with E-state index in [9.17, 15) is 0 Å². The standard InChI is InChI=1S/C28H31FN6O/c1-15(2)18-5-8-22(23(29)11-18)25-26-28(32-17(4)16(3)31-26)34-27(33-25)19-9-10-36-24(12-19)20-13-30-35(14-20)21-6-7-21/h5,8,11,13-15,19,21,24H,6-7,9-10,12H2,1-4H3. The molecule has 1 saturated heterocycles. The Balaban J connectivity index is 1.41. The number of rotatable bonds is 5. The Hall–Kier alpha value is -3.26. The van der Waals surface area contributed by atoms with Gasteiger partial charge in [-0.15, -0.1) is 0 Å². The molecular formula is C28H31FN6O. The molecule has 0 amide bonds. The Kier molecular flexibility index (Phi) is 5.79. The van der Waals surface area contributed by atoms with Crippen LogP contribution in [0, 0.1) is 19.7 Å². The first-order valence-electron chi connectivity index (χ1n) is 12.9. The highest BCUT2D eigenvalue weighted by atomic mass is 19.1. The van der Waals surface area contributed by atoms with E-state index in [2.05, 4.69) is 29.8 Å². The topological polar surface area (TPSA) is 78.6 Å². The Morgan fingerprint density at radius 3 is 2.58 bits per heavy atom. The predicted molar refractivity (Wildman–Crippen MR) is 135 cm³/mol. The van der Waals surface area contributed by atoms with Crippen molar-refractivity contribution in [3.05, 3.63) is 64.7 Å². The fourth-order valence-corrected chi connectivity index (χ4v) is 4.90. The van der Waals surface area contributed by atoms with Gasteiger partial charge in [-0.25, -0.2) is 24.3 Å². The third kappa shape index (κ3) is 4.28. The fraction of sp³-hybridized carbons (Fsp3) is 0.464. The van der Waals surface area contributed by atoms with Crippen molar-refractivity contribution in [2.75, 3.05) is 6.61 Å². The molecule has 2 fully saturated rings. The monoisotopic (exact) mass is 486 g/mol. The van der Waals surface area contributed by atoms with Crippen molar-refractivity contribution >= 4 is 11.2 Å². The third-order valence-electron chi connectivity index (χ3n) is 7.44. The first-order valence-corrected chi connectivity index (χ1v) is 12.9. The van der Waals surface area contributed by atoms with E-state index < -0.39 is 0 Å². The van der Waals surface area contributed by atoms with E-state index in [1.54, 1.807) is 6.07 Å². The summed E-state index contributed by atoms with van der Waals surface area (Å²) < 4.78 is 23.6. The zero-order valence-electron chi connectivity index (χ0n) is 21.2. The molecule has 0 bridgehead atoms. The van der Waals surface area contributed by atoms with Crippen molar-refractivity contribution in [2.24, 2.45) is 0 Å². The minimum atomic E-state index is -0.301. The fourth-order valence-electron chi connectivity index (χ4n) is 4.90. The highest BCUT2D eigenvalue weighted by Crippen LogP contribution is 2.40. The second-order valence-electron chi connectivity index (χ2n) is 10.5. The van der Waals surface area contributed by atoms with Crippen molar-refractivity contribution in [1.82, 2.24) is 29.7 Å². The van der Waals surface area contributed by atoms with Crippen LogP contribution in [0.4, 0.5) is 4.39 Å². The lowest BCUT2D eigenvalue weighted by molar-refractivity contribution is 0.00396. The van der Waals surface area contributed by atoms with Crippen LogP contribution < -0.4 is 0 Å². The van der Waals surface area contributed by atoms with Gasteiger partial charge < -0.3 is 4.74 Å². The summed E-state index contributed by atoms with van der Waals surface area (Å²) in [6.07, 6.45) is 7.89. The van der Waals surface area contributed by atoms with Gasteiger partial charge in [-0.3, -0.25) is 4.68 Å². The number of ether oxygens (including phenoxy) is 1. The van der Waals surface area contributed by atoms with Gasteiger partial charge in [0.1, 0.15) is 22.9 Å². The number of benzene rings is 1. The number of aromatic nitrogens is 6. The molecule has 186 valence electrons. The zero-order chi connectivity index (χ0) is 25.0. The Morgan fingerprint density at radius 1 is 1.03 bits per heavy atom. The number of hydrogen-bond donors (Lipinski definition) is 0. The van der Waals surface area contributed by atoms with E-state index in [1.807, 2.05) is 32.2 Å². The average molecular weight is 487 g/mol. The summed E-state index contributed by atoms with van der Waals surface area (Å²) in [7, 11) is 0. The molecular weight excluding hydrogens is 455 g/mol. The summed E-state index contributed by atoms with van der Waals surface area (Å²) in [6.45, 7) is 8.54. The van der Waals surface area contributed by atoms with Crippen LogP contribution in [0.1, 0.15) is 91.9 Å². The van der Waals surface area contributed by atoms with Crippen LogP contribution in [0.5, 0.6) is 0 Å². The summed E-state index contributed by atoms with van der Waals surface area (Å²) in [6, 6.07) is 5.91. The highest BCUT2D eigenvalue weighted by molar-refractivity contribution is 5.87. The molecule has 6 rings (SSSR count). The van der Waals surface area contributed by atoms with Crippen LogP contribution in [0.15, 0.2) is 30.6 Å². The molecule has 7 nitrogen and oxygen atoms in total. The largest absolute Gasteiger partial charge is 0.373 e. The number of hydrogen-bond acceptors (Lipinski definition) is 6. The number of halogens is 1. The lowest BCUT2D eigenvalue weighted by atomic mass is 9.92. The van der Waals surface area contributed by atoms with E-state index in [0.29, 0.717) is 40.9 Å². The van der Waals surface area contributed by atoms with Crippen LogP contribution in [0.25, 0.3) is 22.4 Å². The van der Waals surface area contributed by atoms with Crippen LogP contribution in [0.3, 0.4) is 0 Å². The van der Waals surface area contributed by atoms with Crippen molar-refractivity contribution in [1.29, 1.82) is 0 Å². The summed E-state index contributed by atoms with van der Waals surface area (Å²) >= 11 is 0. The summed E-state index contributed by atoms with van der Waals surface area (Å²) in [5, 5.41) is 4.54. The third-order valence-corrected chi connectivity index (χ3v) is 7.44. The molecule has 1 aliphatic carbocycles. The predicted octanol–water partition coefficient (Wildman–Crippen LogP) is 6.13. The zero-order valence-corrected chi connectivity index (χ0v) is 21.2. The van der Waals surface area contributed by atoms with Gasteiger partial charge in [0.15, 0.2) is 5.65 Å². The minimum absolute atomic E-state index is 0.0631. The van der Waals surface area contributed by atoms with Gasteiger partial charge in [0.05, 0.1) is 29.7 Å².